The van der Waals surface area contributed by atoms with Crippen molar-refractivity contribution >= 4 is 22.0 Å². The summed E-state index contributed by atoms with van der Waals surface area (Å²) >= 11 is 0. The molecule has 0 aromatic heterocycles. The van der Waals surface area contributed by atoms with Gasteiger partial charge in [-0.1, -0.05) is 12.1 Å². The van der Waals surface area contributed by atoms with Gasteiger partial charge in [-0.15, -0.1) is 0 Å². The molecule has 1 aromatic rings. The number of carbonyl (C=O) groups excluding carboxylic acids is 2. The van der Waals surface area contributed by atoms with Crippen molar-refractivity contribution in [2.75, 3.05) is 46.4 Å². The largest absolute Gasteiger partial charge is 0.416 e. The Morgan fingerprint density at radius 1 is 1.15 bits per heavy atom. The highest BCUT2D eigenvalue weighted by atomic mass is 32.2. The molecular formula is C25H32F3N5O5S. The second-order valence-corrected chi connectivity index (χ2v) is 12.1. The van der Waals surface area contributed by atoms with Gasteiger partial charge in [0.1, 0.15) is 6.04 Å². The van der Waals surface area contributed by atoms with Crippen molar-refractivity contribution in [2.24, 2.45) is 11.8 Å². The second kappa shape index (κ2) is 11.8. The molecular weight excluding hydrogens is 539 g/mol. The van der Waals surface area contributed by atoms with Crippen molar-refractivity contribution in [3.8, 4) is 6.07 Å². The summed E-state index contributed by atoms with van der Waals surface area (Å²) in [6.07, 6.45) is -2.62. The van der Waals surface area contributed by atoms with Crippen LogP contribution in [0.3, 0.4) is 0 Å². The Morgan fingerprint density at radius 2 is 1.87 bits per heavy atom. The molecule has 1 aromatic carbocycles. The normalized spacial score (nSPS) is 24.1. The smallest absolute Gasteiger partial charge is 0.382 e. The minimum Gasteiger partial charge on any atom is -0.382 e. The summed E-state index contributed by atoms with van der Waals surface area (Å²) in [6, 6.07) is 5.03. The number of halogens is 3. The zero-order chi connectivity index (χ0) is 28.4. The lowest BCUT2D eigenvalue weighted by molar-refractivity contribution is -0.143. The number of carbonyl (C=O) groups is 2. The molecule has 39 heavy (non-hydrogen) atoms. The summed E-state index contributed by atoms with van der Waals surface area (Å²) in [5, 5.41) is 11.7. The number of hydrogen-bond donors (Lipinski definition) is 1. The van der Waals surface area contributed by atoms with Crippen LogP contribution in [-0.4, -0.2) is 86.2 Å². The summed E-state index contributed by atoms with van der Waals surface area (Å²) in [5.41, 5.74) is -0.611. The van der Waals surface area contributed by atoms with Crippen molar-refractivity contribution in [3.63, 3.8) is 0 Å². The average molecular weight is 572 g/mol. The van der Waals surface area contributed by atoms with Crippen LogP contribution in [0.2, 0.25) is 0 Å². The highest BCUT2D eigenvalue weighted by Crippen LogP contribution is 2.32. The number of rotatable bonds is 8. The Balaban J connectivity index is 1.43. The number of likely N-dealkylation sites (tertiary alicyclic amines) is 1. The highest BCUT2D eigenvalue weighted by Gasteiger charge is 2.44. The number of nitriles is 1. The first kappa shape index (κ1) is 29.3. The quantitative estimate of drug-likeness (QED) is 0.509. The number of nitrogens with one attached hydrogen (secondary N) is 1. The van der Waals surface area contributed by atoms with Crippen molar-refractivity contribution in [3.05, 3.63) is 35.4 Å². The molecule has 1 N–H and O–H groups in total. The number of amides is 2. The number of ether oxygens (including phenoxy) is 1. The molecule has 0 spiro atoms. The third kappa shape index (κ3) is 6.37. The summed E-state index contributed by atoms with van der Waals surface area (Å²) < 4.78 is 73.3. The van der Waals surface area contributed by atoms with Crippen LogP contribution < -0.4 is 5.32 Å². The second-order valence-electron chi connectivity index (χ2n) is 10.2. The lowest BCUT2D eigenvalue weighted by atomic mass is 9.97. The molecule has 10 nitrogen and oxygen atoms in total. The van der Waals surface area contributed by atoms with E-state index in [1.54, 1.807) is 0 Å². The molecule has 3 atom stereocenters. The number of nitrogens with zero attached hydrogens (tertiary/aromatic N) is 4. The summed E-state index contributed by atoms with van der Waals surface area (Å²) in [5.74, 6) is -1.76. The van der Waals surface area contributed by atoms with Crippen LogP contribution in [0.4, 0.5) is 13.2 Å². The van der Waals surface area contributed by atoms with Gasteiger partial charge in [-0.3, -0.25) is 9.59 Å². The molecule has 3 aliphatic rings. The Hall–Kier alpha value is -2.73. The number of piperidine rings is 1. The van der Waals surface area contributed by atoms with Crippen molar-refractivity contribution in [1.29, 1.82) is 5.26 Å². The topological polar surface area (TPSA) is 123 Å². The van der Waals surface area contributed by atoms with E-state index in [9.17, 15) is 31.2 Å². The molecule has 2 amide bonds. The lowest BCUT2D eigenvalue weighted by Crippen LogP contribution is -2.57. The predicted octanol–water partition coefficient (Wildman–Crippen LogP) is 1.91. The van der Waals surface area contributed by atoms with Crippen molar-refractivity contribution < 1.29 is 35.9 Å². The fourth-order valence-corrected chi connectivity index (χ4v) is 7.14. The van der Waals surface area contributed by atoms with Gasteiger partial charge >= 0.3 is 6.18 Å². The molecule has 4 rings (SSSR count). The Labute approximate surface area is 225 Å². The molecule has 0 unspecified atom stereocenters. The number of alkyl halides is 3. The van der Waals surface area contributed by atoms with Crippen LogP contribution >= 0.6 is 0 Å². The predicted molar refractivity (Wildman–Crippen MR) is 133 cm³/mol. The van der Waals surface area contributed by atoms with Gasteiger partial charge in [-0.05, 0) is 43.4 Å². The number of hydrogen-bond acceptors (Lipinski definition) is 6. The maximum absolute atomic E-state index is 13.5. The Morgan fingerprint density at radius 3 is 2.54 bits per heavy atom. The van der Waals surface area contributed by atoms with Crippen LogP contribution in [0.25, 0.3) is 0 Å². The molecule has 3 fully saturated rings. The first-order valence-electron chi connectivity index (χ1n) is 12.9. The molecule has 3 saturated heterocycles. The van der Waals surface area contributed by atoms with Crippen molar-refractivity contribution in [2.45, 2.75) is 43.9 Å². The Kier molecular flexibility index (Phi) is 8.85. The van der Waals surface area contributed by atoms with Gasteiger partial charge in [0, 0.05) is 39.8 Å². The van der Waals surface area contributed by atoms with Gasteiger partial charge in [-0.2, -0.15) is 35.5 Å². The van der Waals surface area contributed by atoms with Gasteiger partial charge in [0.25, 0.3) is 10.2 Å². The van der Waals surface area contributed by atoms with Crippen LogP contribution in [0.15, 0.2) is 24.3 Å². The third-order valence-electron chi connectivity index (χ3n) is 7.52. The van der Waals surface area contributed by atoms with E-state index in [-0.39, 0.29) is 50.2 Å². The average Bonchev–Trinajstić information content (AvgIpc) is 3.37. The van der Waals surface area contributed by atoms with E-state index in [1.165, 1.54) is 32.8 Å². The monoisotopic (exact) mass is 571 g/mol. The molecule has 0 saturated carbocycles. The van der Waals surface area contributed by atoms with E-state index in [2.05, 4.69) is 5.32 Å². The molecule has 3 aliphatic heterocycles. The molecule has 214 valence electrons. The first-order valence-corrected chi connectivity index (χ1v) is 14.3. The number of methoxy groups -OCH3 is 1. The van der Waals surface area contributed by atoms with Crippen LogP contribution in [-0.2, 0) is 30.7 Å². The zero-order valence-electron chi connectivity index (χ0n) is 21.6. The minimum absolute atomic E-state index is 0.00371. The van der Waals surface area contributed by atoms with Crippen molar-refractivity contribution in [1.82, 2.24) is 18.8 Å². The third-order valence-corrected chi connectivity index (χ3v) is 9.46. The molecule has 0 radical (unpaired) electrons. The van der Waals surface area contributed by atoms with E-state index >= 15 is 0 Å². The molecule has 0 bridgehead atoms. The minimum atomic E-state index is -4.54. The number of benzene rings is 1. The standard InChI is InChI=1S/C25H32F3N5O5S/c1-38-16-21(18-5-2-7-20(11-18)25(26,27)28)30-23(34)22-8-4-10-33(22)24(35)19-6-3-9-31(15-19)39(36,37)32-13-17(12-29)14-32/h2,5,7,11,17,19,21-22H,3-4,6,8-10,13-16H2,1H3,(H,30,34)/t19-,21+,22+/m0/s1. The van der Waals surface area contributed by atoms with E-state index < -0.39 is 45.9 Å². The van der Waals surface area contributed by atoms with Crippen LogP contribution in [0.1, 0.15) is 42.9 Å². The van der Waals surface area contributed by atoms with Crippen LogP contribution in [0, 0.1) is 23.2 Å². The SMILES string of the molecule is COC[C@@H](NC(=O)[C@H]1CCCN1C(=O)[C@H]1CCCN(S(=O)(=O)N2CC(C#N)C2)C1)c1cccc(C(F)(F)F)c1. The van der Waals surface area contributed by atoms with Gasteiger partial charge in [0.2, 0.25) is 11.8 Å². The molecule has 14 heteroatoms. The fourth-order valence-electron chi connectivity index (χ4n) is 5.35. The fraction of sp³-hybridized carbons (Fsp3) is 0.640. The molecule has 0 aliphatic carbocycles. The Bertz CT molecular complexity index is 1220. The summed E-state index contributed by atoms with van der Waals surface area (Å²) in [4.78, 5) is 28.2. The lowest BCUT2D eigenvalue weighted by Gasteiger charge is -2.41. The maximum Gasteiger partial charge on any atom is 0.416 e. The van der Waals surface area contributed by atoms with E-state index in [1.807, 2.05) is 6.07 Å². The first-order chi connectivity index (χ1) is 18.5. The van der Waals surface area contributed by atoms with E-state index in [4.69, 9.17) is 10.00 Å². The summed E-state index contributed by atoms with van der Waals surface area (Å²) in [6.45, 7) is 0.810. The van der Waals surface area contributed by atoms with Crippen LogP contribution in [0.5, 0.6) is 0 Å². The van der Waals surface area contributed by atoms with Gasteiger partial charge in [0.15, 0.2) is 0 Å². The van der Waals surface area contributed by atoms with E-state index in [0.717, 1.165) is 12.1 Å². The zero-order valence-corrected chi connectivity index (χ0v) is 22.4. The van der Waals surface area contributed by atoms with Gasteiger partial charge in [-0.25, -0.2) is 0 Å². The van der Waals surface area contributed by atoms with Gasteiger partial charge in [0.05, 0.1) is 36.1 Å². The maximum atomic E-state index is 13.5. The van der Waals surface area contributed by atoms with E-state index in [0.29, 0.717) is 32.2 Å². The molecule has 3 heterocycles. The van der Waals surface area contributed by atoms with Gasteiger partial charge < -0.3 is 15.0 Å². The summed E-state index contributed by atoms with van der Waals surface area (Å²) in [7, 11) is -2.41. The highest BCUT2D eigenvalue weighted by molar-refractivity contribution is 7.86.